The Kier molecular flexibility index (Phi) is 4.52. The van der Waals surface area contributed by atoms with Gasteiger partial charge in [-0.1, -0.05) is 24.3 Å². The summed E-state index contributed by atoms with van der Waals surface area (Å²) in [4.78, 5) is 4.00. The highest BCUT2D eigenvalue weighted by molar-refractivity contribution is 5.85. The SMILES string of the molecule is Cc1ccccc1[C@@H](N)Cn1ccnc1.Cl. The number of benzene rings is 1. The molecule has 2 N–H and O–H groups in total. The van der Waals surface area contributed by atoms with Crippen LogP contribution in [-0.2, 0) is 6.54 Å². The maximum absolute atomic E-state index is 6.14. The molecule has 0 aliphatic rings. The van der Waals surface area contributed by atoms with Gasteiger partial charge in [0.2, 0.25) is 0 Å². The van der Waals surface area contributed by atoms with Crippen molar-refractivity contribution in [1.82, 2.24) is 9.55 Å². The van der Waals surface area contributed by atoms with E-state index in [9.17, 15) is 0 Å². The van der Waals surface area contributed by atoms with Crippen molar-refractivity contribution in [3.05, 3.63) is 54.1 Å². The molecule has 1 aromatic heterocycles. The molecule has 0 amide bonds. The van der Waals surface area contributed by atoms with Crippen LogP contribution in [0.5, 0.6) is 0 Å². The van der Waals surface area contributed by atoms with Gasteiger partial charge in [-0.2, -0.15) is 0 Å². The van der Waals surface area contributed by atoms with Crippen molar-refractivity contribution in [2.45, 2.75) is 19.5 Å². The molecule has 0 unspecified atom stereocenters. The summed E-state index contributed by atoms with van der Waals surface area (Å²) in [5, 5.41) is 0. The first-order chi connectivity index (χ1) is 7.27. The zero-order chi connectivity index (χ0) is 10.7. The lowest BCUT2D eigenvalue weighted by molar-refractivity contribution is 0.574. The van der Waals surface area contributed by atoms with E-state index in [2.05, 4.69) is 24.0 Å². The molecular formula is C12H16ClN3. The fourth-order valence-corrected chi connectivity index (χ4v) is 1.72. The lowest BCUT2D eigenvalue weighted by atomic mass is 10.0. The maximum Gasteiger partial charge on any atom is 0.0946 e. The Labute approximate surface area is 102 Å². The van der Waals surface area contributed by atoms with Crippen LogP contribution in [0.25, 0.3) is 0 Å². The highest BCUT2D eigenvalue weighted by Crippen LogP contribution is 2.16. The second kappa shape index (κ2) is 5.68. The highest BCUT2D eigenvalue weighted by Gasteiger charge is 2.08. The molecular weight excluding hydrogens is 222 g/mol. The third-order valence-corrected chi connectivity index (χ3v) is 2.55. The number of aromatic nitrogens is 2. The molecule has 4 heteroatoms. The Bertz CT molecular complexity index is 426. The minimum Gasteiger partial charge on any atom is -0.336 e. The van der Waals surface area contributed by atoms with Gasteiger partial charge in [-0.3, -0.25) is 0 Å². The zero-order valence-corrected chi connectivity index (χ0v) is 10.0. The van der Waals surface area contributed by atoms with Crippen molar-refractivity contribution < 1.29 is 0 Å². The summed E-state index contributed by atoms with van der Waals surface area (Å²) >= 11 is 0. The van der Waals surface area contributed by atoms with Crippen molar-refractivity contribution in [3.63, 3.8) is 0 Å². The summed E-state index contributed by atoms with van der Waals surface area (Å²) in [5.74, 6) is 0. The Morgan fingerprint density at radius 2 is 2.12 bits per heavy atom. The normalized spacial score (nSPS) is 11.9. The first-order valence-electron chi connectivity index (χ1n) is 5.04. The fraction of sp³-hybridized carbons (Fsp3) is 0.250. The molecule has 0 saturated heterocycles. The summed E-state index contributed by atoms with van der Waals surface area (Å²) in [6.45, 7) is 2.86. The molecule has 0 saturated carbocycles. The minimum absolute atomic E-state index is 0. The molecule has 0 aliphatic heterocycles. The van der Waals surface area contributed by atoms with E-state index >= 15 is 0 Å². The number of hydrogen-bond donors (Lipinski definition) is 1. The van der Waals surface area contributed by atoms with Gasteiger partial charge in [-0.25, -0.2) is 4.98 Å². The van der Waals surface area contributed by atoms with Crippen LogP contribution in [0.15, 0.2) is 43.0 Å². The van der Waals surface area contributed by atoms with Gasteiger partial charge in [-0.05, 0) is 18.1 Å². The van der Waals surface area contributed by atoms with E-state index in [1.54, 1.807) is 12.5 Å². The van der Waals surface area contributed by atoms with Crippen LogP contribution < -0.4 is 5.73 Å². The molecule has 0 bridgehead atoms. The molecule has 2 rings (SSSR count). The summed E-state index contributed by atoms with van der Waals surface area (Å²) in [6, 6.07) is 8.25. The number of nitrogens with zero attached hydrogens (tertiary/aromatic N) is 2. The number of nitrogens with two attached hydrogens (primary N) is 1. The quantitative estimate of drug-likeness (QED) is 0.891. The van der Waals surface area contributed by atoms with Crippen molar-refractivity contribution in [2.75, 3.05) is 0 Å². The molecule has 86 valence electrons. The van der Waals surface area contributed by atoms with Crippen LogP contribution in [0.3, 0.4) is 0 Å². The summed E-state index contributed by atoms with van der Waals surface area (Å²) in [5.41, 5.74) is 8.58. The first-order valence-corrected chi connectivity index (χ1v) is 5.04. The van der Waals surface area contributed by atoms with Gasteiger partial charge < -0.3 is 10.3 Å². The molecule has 0 fully saturated rings. The number of halogens is 1. The number of hydrogen-bond acceptors (Lipinski definition) is 2. The zero-order valence-electron chi connectivity index (χ0n) is 9.21. The second-order valence-electron chi connectivity index (χ2n) is 3.72. The number of aryl methyl sites for hydroxylation is 1. The van der Waals surface area contributed by atoms with E-state index in [0.29, 0.717) is 0 Å². The average molecular weight is 238 g/mol. The van der Waals surface area contributed by atoms with Crippen LogP contribution in [0.2, 0.25) is 0 Å². The summed E-state index contributed by atoms with van der Waals surface area (Å²) in [6.07, 6.45) is 5.49. The Morgan fingerprint density at radius 1 is 1.38 bits per heavy atom. The Balaban J connectivity index is 0.00000128. The standard InChI is InChI=1S/C12H15N3.ClH/c1-10-4-2-3-5-11(10)12(13)8-15-7-6-14-9-15;/h2-7,9,12H,8,13H2,1H3;1H/t12-;/m0./s1. The molecule has 1 atom stereocenters. The second-order valence-corrected chi connectivity index (χ2v) is 3.72. The molecule has 1 aromatic carbocycles. The van der Waals surface area contributed by atoms with E-state index in [1.165, 1.54) is 11.1 Å². The van der Waals surface area contributed by atoms with Gasteiger partial charge >= 0.3 is 0 Å². The molecule has 2 aromatic rings. The van der Waals surface area contributed by atoms with Gasteiger partial charge in [0, 0.05) is 25.0 Å². The highest BCUT2D eigenvalue weighted by atomic mass is 35.5. The first kappa shape index (κ1) is 12.7. The van der Waals surface area contributed by atoms with Crippen LogP contribution in [0, 0.1) is 6.92 Å². The van der Waals surface area contributed by atoms with E-state index in [1.807, 2.05) is 22.9 Å². The average Bonchev–Trinajstić information content (AvgIpc) is 2.71. The third kappa shape index (κ3) is 2.84. The van der Waals surface area contributed by atoms with Crippen LogP contribution in [-0.4, -0.2) is 9.55 Å². The summed E-state index contributed by atoms with van der Waals surface area (Å²) in [7, 11) is 0. The van der Waals surface area contributed by atoms with Crippen molar-refractivity contribution in [2.24, 2.45) is 5.73 Å². The summed E-state index contributed by atoms with van der Waals surface area (Å²) < 4.78 is 2.00. The van der Waals surface area contributed by atoms with E-state index in [4.69, 9.17) is 5.73 Å². The van der Waals surface area contributed by atoms with Crippen molar-refractivity contribution in [3.8, 4) is 0 Å². The number of rotatable bonds is 3. The van der Waals surface area contributed by atoms with Gasteiger partial charge in [-0.15, -0.1) is 12.4 Å². The predicted octanol–water partition coefficient (Wildman–Crippen LogP) is 2.31. The van der Waals surface area contributed by atoms with Crippen molar-refractivity contribution in [1.29, 1.82) is 0 Å². The van der Waals surface area contributed by atoms with Crippen LogP contribution in [0.1, 0.15) is 17.2 Å². The Morgan fingerprint density at radius 3 is 2.75 bits per heavy atom. The molecule has 0 aliphatic carbocycles. The Hall–Kier alpha value is -1.32. The molecule has 16 heavy (non-hydrogen) atoms. The van der Waals surface area contributed by atoms with Crippen LogP contribution >= 0.6 is 12.4 Å². The minimum atomic E-state index is 0. The lowest BCUT2D eigenvalue weighted by Gasteiger charge is -2.14. The van der Waals surface area contributed by atoms with Gasteiger partial charge in [0.15, 0.2) is 0 Å². The predicted molar refractivity (Wildman–Crippen MR) is 67.6 cm³/mol. The van der Waals surface area contributed by atoms with E-state index in [-0.39, 0.29) is 18.4 Å². The molecule has 3 nitrogen and oxygen atoms in total. The molecule has 1 heterocycles. The lowest BCUT2D eigenvalue weighted by Crippen LogP contribution is -2.17. The van der Waals surface area contributed by atoms with Gasteiger partial charge in [0.1, 0.15) is 0 Å². The fourth-order valence-electron chi connectivity index (χ4n) is 1.72. The van der Waals surface area contributed by atoms with Gasteiger partial charge in [0.05, 0.1) is 6.33 Å². The smallest absolute Gasteiger partial charge is 0.0946 e. The monoisotopic (exact) mass is 237 g/mol. The van der Waals surface area contributed by atoms with Crippen LogP contribution in [0.4, 0.5) is 0 Å². The maximum atomic E-state index is 6.14. The largest absolute Gasteiger partial charge is 0.336 e. The third-order valence-electron chi connectivity index (χ3n) is 2.55. The topological polar surface area (TPSA) is 43.8 Å². The van der Waals surface area contributed by atoms with E-state index < -0.39 is 0 Å². The molecule has 0 spiro atoms. The van der Waals surface area contributed by atoms with Gasteiger partial charge in [0.25, 0.3) is 0 Å². The number of imidazole rings is 1. The van der Waals surface area contributed by atoms with Crippen molar-refractivity contribution >= 4 is 12.4 Å². The van der Waals surface area contributed by atoms with E-state index in [0.717, 1.165) is 6.54 Å². The molecule has 0 radical (unpaired) electrons.